The van der Waals surface area contributed by atoms with E-state index in [9.17, 15) is 9.59 Å². The molecule has 0 spiro atoms. The Balaban J connectivity index is 1.57. The number of hydrogen-bond acceptors (Lipinski definition) is 4. The van der Waals surface area contributed by atoms with Crippen LogP contribution >= 0.6 is 22.9 Å². The van der Waals surface area contributed by atoms with Gasteiger partial charge in [0.1, 0.15) is 10.8 Å². The Labute approximate surface area is 209 Å². The maximum atomic E-state index is 13.4. The summed E-state index contributed by atoms with van der Waals surface area (Å²) in [5.74, 6) is 0.622. The molecule has 0 saturated heterocycles. The number of rotatable bonds is 6. The SMILES string of the molecule is CC(C)(C)[C@H]1CCc2c(sc(NC(=O)COc3ccccc3)c2C(=O)Nc2ccc(Cl)cc2)C1. The lowest BCUT2D eigenvalue weighted by Gasteiger charge is -2.33. The molecule has 5 nitrogen and oxygen atoms in total. The van der Waals surface area contributed by atoms with Gasteiger partial charge in [0, 0.05) is 15.6 Å². The van der Waals surface area contributed by atoms with Gasteiger partial charge < -0.3 is 15.4 Å². The second-order valence-electron chi connectivity index (χ2n) is 9.62. The van der Waals surface area contributed by atoms with Gasteiger partial charge in [0.15, 0.2) is 6.61 Å². The number of ether oxygens (including phenoxy) is 1. The Morgan fingerprint density at radius 3 is 2.44 bits per heavy atom. The van der Waals surface area contributed by atoms with Gasteiger partial charge in [-0.2, -0.15) is 0 Å². The zero-order valence-corrected chi connectivity index (χ0v) is 21.2. The fraction of sp³-hybridized carbons (Fsp3) is 0.333. The van der Waals surface area contributed by atoms with Gasteiger partial charge in [-0.15, -0.1) is 11.3 Å². The smallest absolute Gasteiger partial charge is 0.262 e. The highest BCUT2D eigenvalue weighted by molar-refractivity contribution is 7.17. The highest BCUT2D eigenvalue weighted by atomic mass is 35.5. The number of halogens is 1. The molecule has 0 saturated carbocycles. The van der Waals surface area contributed by atoms with Crippen molar-refractivity contribution in [3.63, 3.8) is 0 Å². The topological polar surface area (TPSA) is 67.4 Å². The summed E-state index contributed by atoms with van der Waals surface area (Å²) >= 11 is 7.48. The molecule has 0 aliphatic heterocycles. The van der Waals surface area contributed by atoms with E-state index in [4.69, 9.17) is 16.3 Å². The molecule has 0 radical (unpaired) electrons. The number of anilines is 2. The number of thiophene rings is 1. The van der Waals surface area contributed by atoms with Crippen molar-refractivity contribution in [2.75, 3.05) is 17.2 Å². The van der Waals surface area contributed by atoms with E-state index in [1.165, 1.54) is 16.2 Å². The predicted octanol–water partition coefficient (Wildman–Crippen LogP) is 6.82. The van der Waals surface area contributed by atoms with E-state index in [0.29, 0.717) is 32.9 Å². The summed E-state index contributed by atoms with van der Waals surface area (Å²) in [7, 11) is 0. The normalized spacial score (nSPS) is 15.4. The molecular formula is C27H29ClN2O3S. The molecule has 4 rings (SSSR count). The minimum Gasteiger partial charge on any atom is -0.484 e. The van der Waals surface area contributed by atoms with E-state index in [-0.39, 0.29) is 23.8 Å². The van der Waals surface area contributed by atoms with Crippen LogP contribution in [-0.4, -0.2) is 18.4 Å². The van der Waals surface area contributed by atoms with Crippen LogP contribution in [-0.2, 0) is 17.6 Å². The van der Waals surface area contributed by atoms with Gasteiger partial charge in [-0.05, 0) is 72.6 Å². The molecular weight excluding hydrogens is 468 g/mol. The van der Waals surface area contributed by atoms with Gasteiger partial charge in [-0.25, -0.2) is 0 Å². The number of para-hydroxylation sites is 1. The molecule has 0 bridgehead atoms. The van der Waals surface area contributed by atoms with Crippen molar-refractivity contribution >= 4 is 45.4 Å². The summed E-state index contributed by atoms with van der Waals surface area (Å²) in [5.41, 5.74) is 2.43. The van der Waals surface area contributed by atoms with Crippen LogP contribution in [0.15, 0.2) is 54.6 Å². The van der Waals surface area contributed by atoms with E-state index >= 15 is 0 Å². The number of carbonyl (C=O) groups excluding carboxylic acids is 2. The molecule has 2 aromatic carbocycles. The molecule has 7 heteroatoms. The van der Waals surface area contributed by atoms with E-state index in [1.54, 1.807) is 36.4 Å². The summed E-state index contributed by atoms with van der Waals surface area (Å²) in [6.45, 7) is 6.64. The predicted molar refractivity (Wildman–Crippen MR) is 139 cm³/mol. The molecule has 1 atom stereocenters. The second kappa shape index (κ2) is 10.2. The molecule has 1 heterocycles. The molecule has 3 aromatic rings. The van der Waals surface area contributed by atoms with Crippen molar-refractivity contribution < 1.29 is 14.3 Å². The standard InChI is InChI=1S/C27H29ClN2O3S/c1-27(2,3)17-9-14-21-22(15-17)34-26(30-23(31)16-33-20-7-5-4-6-8-20)24(21)25(32)29-19-12-10-18(28)11-13-19/h4-8,10-13,17H,9,14-16H2,1-3H3,(H,29,32)(H,30,31)/t17-/m0/s1. The zero-order chi connectivity index (χ0) is 24.3. The number of hydrogen-bond donors (Lipinski definition) is 2. The first kappa shape index (κ1) is 24.3. The molecule has 0 fully saturated rings. The Hall–Kier alpha value is -2.83. The largest absolute Gasteiger partial charge is 0.484 e. The number of amides is 2. The minimum atomic E-state index is -0.296. The van der Waals surface area contributed by atoms with Crippen molar-refractivity contribution in [1.29, 1.82) is 0 Å². The lowest BCUT2D eigenvalue weighted by molar-refractivity contribution is -0.118. The van der Waals surface area contributed by atoms with Crippen molar-refractivity contribution in [3.05, 3.63) is 75.6 Å². The van der Waals surface area contributed by atoms with Crippen molar-refractivity contribution in [2.45, 2.75) is 40.0 Å². The van der Waals surface area contributed by atoms with Gasteiger partial charge in [0.2, 0.25) is 0 Å². The van der Waals surface area contributed by atoms with E-state index < -0.39 is 0 Å². The average Bonchev–Trinajstić information content (AvgIpc) is 3.16. The summed E-state index contributed by atoms with van der Waals surface area (Å²) in [6, 6.07) is 16.2. The summed E-state index contributed by atoms with van der Waals surface area (Å²) in [5, 5.41) is 7.08. The molecule has 2 N–H and O–H groups in total. The monoisotopic (exact) mass is 496 g/mol. The molecule has 1 aromatic heterocycles. The number of carbonyl (C=O) groups is 2. The number of nitrogens with one attached hydrogen (secondary N) is 2. The lowest BCUT2D eigenvalue weighted by Crippen LogP contribution is -2.27. The fourth-order valence-electron chi connectivity index (χ4n) is 4.21. The van der Waals surface area contributed by atoms with Crippen LogP contribution in [0.4, 0.5) is 10.7 Å². The number of fused-ring (bicyclic) bond motifs is 1. The maximum absolute atomic E-state index is 13.4. The molecule has 2 amide bonds. The van der Waals surface area contributed by atoms with Gasteiger partial charge in [-0.1, -0.05) is 50.6 Å². The van der Waals surface area contributed by atoms with Gasteiger partial charge in [-0.3, -0.25) is 9.59 Å². The molecule has 34 heavy (non-hydrogen) atoms. The van der Waals surface area contributed by atoms with Crippen LogP contribution < -0.4 is 15.4 Å². The molecule has 178 valence electrons. The third-order valence-corrected chi connectivity index (χ3v) is 7.61. The minimum absolute atomic E-state index is 0.130. The third-order valence-electron chi connectivity index (χ3n) is 6.19. The molecule has 1 aliphatic carbocycles. The first-order valence-electron chi connectivity index (χ1n) is 11.4. The highest BCUT2D eigenvalue weighted by Gasteiger charge is 2.34. The van der Waals surface area contributed by atoms with Crippen LogP contribution in [0.5, 0.6) is 5.75 Å². The highest BCUT2D eigenvalue weighted by Crippen LogP contribution is 2.44. The van der Waals surface area contributed by atoms with Crippen molar-refractivity contribution in [2.24, 2.45) is 11.3 Å². The third kappa shape index (κ3) is 5.80. The summed E-state index contributed by atoms with van der Waals surface area (Å²) in [4.78, 5) is 27.3. The summed E-state index contributed by atoms with van der Waals surface area (Å²) < 4.78 is 5.59. The molecule has 0 unspecified atom stereocenters. The molecule has 1 aliphatic rings. The van der Waals surface area contributed by atoms with Crippen LogP contribution in [0, 0.1) is 11.3 Å². The average molecular weight is 497 g/mol. The fourth-order valence-corrected chi connectivity index (χ4v) is 5.68. The maximum Gasteiger partial charge on any atom is 0.262 e. The quantitative estimate of drug-likeness (QED) is 0.393. The Bertz CT molecular complexity index is 1170. The van der Waals surface area contributed by atoms with Crippen LogP contribution in [0.25, 0.3) is 0 Å². The van der Waals surface area contributed by atoms with Crippen molar-refractivity contribution in [3.8, 4) is 5.75 Å². The van der Waals surface area contributed by atoms with E-state index in [2.05, 4.69) is 31.4 Å². The zero-order valence-electron chi connectivity index (χ0n) is 19.6. The second-order valence-corrected chi connectivity index (χ2v) is 11.2. The van der Waals surface area contributed by atoms with Crippen LogP contribution in [0.2, 0.25) is 5.02 Å². The number of benzene rings is 2. The van der Waals surface area contributed by atoms with Gasteiger partial charge in [0.25, 0.3) is 11.8 Å². The first-order chi connectivity index (χ1) is 16.2. The van der Waals surface area contributed by atoms with Crippen LogP contribution in [0.1, 0.15) is 48.0 Å². The van der Waals surface area contributed by atoms with E-state index in [0.717, 1.165) is 24.8 Å². The van der Waals surface area contributed by atoms with Crippen LogP contribution in [0.3, 0.4) is 0 Å². The van der Waals surface area contributed by atoms with Gasteiger partial charge >= 0.3 is 0 Å². The Morgan fingerprint density at radius 1 is 1.06 bits per heavy atom. The Kier molecular flexibility index (Phi) is 7.29. The Morgan fingerprint density at radius 2 is 1.76 bits per heavy atom. The summed E-state index contributed by atoms with van der Waals surface area (Å²) in [6.07, 6.45) is 2.73. The first-order valence-corrected chi connectivity index (χ1v) is 12.6. The van der Waals surface area contributed by atoms with Crippen molar-refractivity contribution in [1.82, 2.24) is 0 Å². The lowest BCUT2D eigenvalue weighted by atomic mass is 9.72. The van der Waals surface area contributed by atoms with E-state index in [1.807, 2.05) is 18.2 Å². The van der Waals surface area contributed by atoms with Gasteiger partial charge in [0.05, 0.1) is 5.56 Å².